The fourth-order valence-electron chi connectivity index (χ4n) is 3.06. The lowest BCUT2D eigenvalue weighted by atomic mass is 10.1. The number of ether oxygens (including phenoxy) is 1. The van der Waals surface area contributed by atoms with Gasteiger partial charge in [-0.1, -0.05) is 36.4 Å². The molecule has 0 saturated heterocycles. The summed E-state index contributed by atoms with van der Waals surface area (Å²) in [4.78, 5) is 45.2. The predicted octanol–water partition coefficient (Wildman–Crippen LogP) is 4.03. The molecule has 0 aliphatic heterocycles. The fraction of sp³-hybridized carbons (Fsp3) is 0.0909. The molecule has 4 rings (SSSR count). The molecular formula is C22H17N3O4S. The summed E-state index contributed by atoms with van der Waals surface area (Å²) in [5, 5.41) is 2.83. The minimum Gasteiger partial charge on any atom is -0.456 e. The minimum absolute atomic E-state index is 0.0724. The van der Waals surface area contributed by atoms with Crippen LogP contribution >= 0.6 is 11.3 Å². The lowest BCUT2D eigenvalue weighted by Gasteiger charge is -2.17. The number of H-pyrrole nitrogens is 1. The van der Waals surface area contributed by atoms with Gasteiger partial charge >= 0.3 is 5.97 Å². The molecular weight excluding hydrogens is 402 g/mol. The van der Waals surface area contributed by atoms with Gasteiger partial charge in [0.2, 0.25) is 11.5 Å². The summed E-state index contributed by atoms with van der Waals surface area (Å²) in [6.45, 7) is 1.39. The first kappa shape index (κ1) is 19.5. The average molecular weight is 419 g/mol. The molecule has 30 heavy (non-hydrogen) atoms. The Balaban J connectivity index is 1.53. The topological polar surface area (TPSA) is 92.4 Å². The van der Waals surface area contributed by atoms with Crippen molar-refractivity contribution in [2.45, 2.75) is 13.5 Å². The second kappa shape index (κ2) is 8.30. The summed E-state index contributed by atoms with van der Waals surface area (Å²) < 4.78 is 5.39. The Morgan fingerprint density at radius 3 is 2.60 bits per heavy atom. The summed E-state index contributed by atoms with van der Waals surface area (Å²) in [6, 6.07) is 17.4. The highest BCUT2D eigenvalue weighted by atomic mass is 32.1. The highest BCUT2D eigenvalue weighted by Crippen LogP contribution is 2.29. The van der Waals surface area contributed by atoms with Gasteiger partial charge in [-0.3, -0.25) is 14.5 Å². The number of anilines is 2. The number of amides is 1. The van der Waals surface area contributed by atoms with E-state index in [1.54, 1.807) is 29.6 Å². The van der Waals surface area contributed by atoms with E-state index in [0.29, 0.717) is 27.4 Å². The first-order chi connectivity index (χ1) is 14.5. The van der Waals surface area contributed by atoms with Crippen LogP contribution in [0.25, 0.3) is 10.9 Å². The van der Waals surface area contributed by atoms with Crippen LogP contribution in [-0.2, 0) is 16.1 Å². The van der Waals surface area contributed by atoms with E-state index >= 15 is 0 Å². The van der Waals surface area contributed by atoms with Gasteiger partial charge in [0.1, 0.15) is 6.61 Å². The smallest absolute Gasteiger partial charge is 0.339 e. The number of nitrogens with zero attached hydrogens (tertiary/aromatic N) is 2. The number of pyridine rings is 1. The van der Waals surface area contributed by atoms with Gasteiger partial charge in [-0.05, 0) is 18.2 Å². The van der Waals surface area contributed by atoms with Crippen molar-refractivity contribution in [2.24, 2.45) is 0 Å². The number of rotatable bonds is 5. The summed E-state index contributed by atoms with van der Waals surface area (Å²) in [7, 11) is 0. The molecule has 0 unspecified atom stereocenters. The Morgan fingerprint density at radius 2 is 1.83 bits per heavy atom. The lowest BCUT2D eigenvalue weighted by molar-refractivity contribution is -0.115. The van der Waals surface area contributed by atoms with Crippen molar-refractivity contribution in [3.05, 3.63) is 87.7 Å². The molecule has 4 aromatic rings. The number of benzene rings is 2. The molecule has 0 fully saturated rings. The Bertz CT molecular complexity index is 1280. The number of hydrogen-bond acceptors (Lipinski definition) is 6. The van der Waals surface area contributed by atoms with E-state index in [-0.39, 0.29) is 23.6 Å². The van der Waals surface area contributed by atoms with Gasteiger partial charge < -0.3 is 9.72 Å². The molecule has 2 aromatic carbocycles. The maximum atomic E-state index is 12.6. The van der Waals surface area contributed by atoms with Gasteiger partial charge in [0.15, 0.2) is 5.13 Å². The predicted molar refractivity (Wildman–Crippen MR) is 115 cm³/mol. The largest absolute Gasteiger partial charge is 0.456 e. The van der Waals surface area contributed by atoms with Crippen LogP contribution in [0.3, 0.4) is 0 Å². The number of carbonyl (C=O) groups excluding carboxylic acids is 2. The summed E-state index contributed by atoms with van der Waals surface area (Å²) in [6.07, 6.45) is 0. The second-order valence-electron chi connectivity index (χ2n) is 6.48. The normalized spacial score (nSPS) is 10.7. The number of nitrogens with one attached hydrogen (secondary N) is 1. The van der Waals surface area contributed by atoms with Crippen LogP contribution in [0, 0.1) is 0 Å². The van der Waals surface area contributed by atoms with E-state index in [2.05, 4.69) is 9.97 Å². The molecule has 0 saturated carbocycles. The van der Waals surface area contributed by atoms with E-state index in [0.717, 1.165) is 0 Å². The number of fused-ring (bicyclic) bond motifs is 1. The molecule has 0 atom stereocenters. The van der Waals surface area contributed by atoms with Crippen molar-refractivity contribution in [1.29, 1.82) is 0 Å². The molecule has 0 radical (unpaired) electrons. The van der Waals surface area contributed by atoms with Gasteiger partial charge in [0, 0.05) is 29.3 Å². The zero-order valence-electron chi connectivity index (χ0n) is 16.0. The average Bonchev–Trinajstić information content (AvgIpc) is 3.20. The Hall–Kier alpha value is -3.78. The van der Waals surface area contributed by atoms with E-state index < -0.39 is 5.97 Å². The first-order valence-electron chi connectivity index (χ1n) is 9.12. The van der Waals surface area contributed by atoms with Crippen LogP contribution < -0.4 is 10.5 Å². The van der Waals surface area contributed by atoms with E-state index in [1.807, 2.05) is 30.3 Å². The molecule has 150 valence electrons. The molecule has 1 amide bonds. The lowest BCUT2D eigenvalue weighted by Crippen LogP contribution is -2.22. The number of hydrogen-bond donors (Lipinski definition) is 1. The van der Waals surface area contributed by atoms with Gasteiger partial charge in [-0.25, -0.2) is 9.78 Å². The van der Waals surface area contributed by atoms with Crippen LogP contribution in [0.4, 0.5) is 10.8 Å². The molecule has 0 spiro atoms. The van der Waals surface area contributed by atoms with Crippen molar-refractivity contribution < 1.29 is 14.3 Å². The van der Waals surface area contributed by atoms with Crippen molar-refractivity contribution >= 4 is 44.9 Å². The van der Waals surface area contributed by atoms with Gasteiger partial charge in [-0.2, -0.15) is 0 Å². The van der Waals surface area contributed by atoms with Crippen LogP contribution in [-0.4, -0.2) is 21.8 Å². The molecule has 2 heterocycles. The van der Waals surface area contributed by atoms with Crippen molar-refractivity contribution in [3.8, 4) is 0 Å². The number of carbonyl (C=O) groups is 2. The highest BCUT2D eigenvalue weighted by Gasteiger charge is 2.19. The zero-order chi connectivity index (χ0) is 21.1. The molecule has 2 aromatic heterocycles. The zero-order valence-corrected chi connectivity index (χ0v) is 16.8. The SMILES string of the molecule is CC(=O)N(c1ccccc1)c1nc(COC(=O)c2cc(=O)[nH]c3ccccc23)cs1. The maximum absolute atomic E-state index is 12.6. The molecule has 1 N–H and O–H groups in total. The van der Waals surface area contributed by atoms with E-state index in [9.17, 15) is 14.4 Å². The van der Waals surface area contributed by atoms with Crippen LogP contribution in [0.1, 0.15) is 23.0 Å². The summed E-state index contributed by atoms with van der Waals surface area (Å²) in [5.41, 5.74) is 1.60. The standard InChI is InChI=1S/C22H17N3O4S/c1-14(26)25(16-7-3-2-4-8-16)22-23-15(13-30-22)12-29-21(28)18-11-20(27)24-19-10-6-5-9-17(18)19/h2-11,13H,12H2,1H3,(H,24,27). The Labute approximate surface area is 175 Å². The molecule has 7 nitrogen and oxygen atoms in total. The third-order valence-electron chi connectivity index (χ3n) is 4.38. The third-order valence-corrected chi connectivity index (χ3v) is 5.26. The van der Waals surface area contributed by atoms with Crippen molar-refractivity contribution in [1.82, 2.24) is 9.97 Å². The number of para-hydroxylation sites is 2. The van der Waals surface area contributed by atoms with E-state index in [1.165, 1.54) is 29.2 Å². The van der Waals surface area contributed by atoms with E-state index in [4.69, 9.17) is 4.74 Å². The first-order valence-corrected chi connectivity index (χ1v) is 10.0. The number of thiazole rings is 1. The quantitative estimate of drug-likeness (QED) is 0.493. The number of esters is 1. The summed E-state index contributed by atoms with van der Waals surface area (Å²) >= 11 is 1.28. The van der Waals surface area contributed by atoms with Crippen LogP contribution in [0.5, 0.6) is 0 Å². The Morgan fingerprint density at radius 1 is 1.10 bits per heavy atom. The third kappa shape index (κ3) is 3.99. The minimum atomic E-state index is -0.613. The van der Waals surface area contributed by atoms with Gasteiger partial charge in [-0.15, -0.1) is 11.3 Å². The number of aromatic amines is 1. The molecule has 0 bridgehead atoms. The van der Waals surface area contributed by atoms with Crippen LogP contribution in [0.2, 0.25) is 0 Å². The fourth-order valence-corrected chi connectivity index (χ4v) is 3.93. The molecule has 0 aliphatic carbocycles. The van der Waals surface area contributed by atoms with Gasteiger partial charge in [0.05, 0.1) is 16.9 Å². The van der Waals surface area contributed by atoms with Crippen molar-refractivity contribution in [3.63, 3.8) is 0 Å². The highest BCUT2D eigenvalue weighted by molar-refractivity contribution is 7.14. The summed E-state index contributed by atoms with van der Waals surface area (Å²) in [5.74, 6) is -0.785. The maximum Gasteiger partial charge on any atom is 0.339 e. The molecule has 0 aliphatic rings. The monoisotopic (exact) mass is 419 g/mol. The van der Waals surface area contributed by atoms with Gasteiger partial charge in [0.25, 0.3) is 0 Å². The number of aromatic nitrogens is 2. The Kier molecular flexibility index (Phi) is 5.40. The second-order valence-corrected chi connectivity index (χ2v) is 7.32. The van der Waals surface area contributed by atoms with Crippen LogP contribution in [0.15, 0.2) is 70.8 Å². The van der Waals surface area contributed by atoms with Crippen molar-refractivity contribution in [2.75, 3.05) is 4.90 Å². The molecule has 8 heteroatoms.